The SMILES string of the molecule is CNc1ncnc(N2CCC(C)C(OC)C2)c1[N+](=O)[O-]. The van der Waals surface area contributed by atoms with Crippen LogP contribution in [0.3, 0.4) is 0 Å². The molecule has 1 aromatic heterocycles. The summed E-state index contributed by atoms with van der Waals surface area (Å²) in [6.45, 7) is 3.44. The Morgan fingerprint density at radius 3 is 2.90 bits per heavy atom. The van der Waals surface area contributed by atoms with Crippen molar-refractivity contribution in [2.24, 2.45) is 5.92 Å². The van der Waals surface area contributed by atoms with Crippen molar-refractivity contribution >= 4 is 17.3 Å². The molecule has 1 saturated heterocycles. The van der Waals surface area contributed by atoms with Crippen LogP contribution in [0.25, 0.3) is 0 Å². The minimum absolute atomic E-state index is 0.0522. The fourth-order valence-corrected chi connectivity index (χ4v) is 2.48. The highest BCUT2D eigenvalue weighted by atomic mass is 16.6. The van der Waals surface area contributed by atoms with E-state index in [1.165, 1.54) is 6.33 Å². The maximum Gasteiger partial charge on any atom is 0.353 e. The van der Waals surface area contributed by atoms with Gasteiger partial charge in [-0.05, 0) is 12.3 Å². The Kier molecular flexibility index (Phi) is 4.33. The molecular weight excluding hydrogens is 262 g/mol. The predicted octanol–water partition coefficient (Wildman–Crippen LogP) is 1.29. The summed E-state index contributed by atoms with van der Waals surface area (Å²) in [7, 11) is 3.27. The van der Waals surface area contributed by atoms with E-state index in [1.807, 2.05) is 4.90 Å². The number of methoxy groups -OCH3 is 1. The van der Waals surface area contributed by atoms with Gasteiger partial charge in [0.2, 0.25) is 11.6 Å². The zero-order chi connectivity index (χ0) is 14.7. The van der Waals surface area contributed by atoms with E-state index in [0.717, 1.165) is 13.0 Å². The Labute approximate surface area is 117 Å². The van der Waals surface area contributed by atoms with Crippen LogP contribution in [0.2, 0.25) is 0 Å². The number of nitrogens with zero attached hydrogens (tertiary/aromatic N) is 4. The van der Waals surface area contributed by atoms with Crippen molar-refractivity contribution in [1.82, 2.24) is 9.97 Å². The minimum atomic E-state index is -0.443. The summed E-state index contributed by atoms with van der Waals surface area (Å²) in [6.07, 6.45) is 2.30. The monoisotopic (exact) mass is 281 g/mol. The molecular formula is C12H19N5O3. The smallest absolute Gasteiger partial charge is 0.353 e. The van der Waals surface area contributed by atoms with Gasteiger partial charge >= 0.3 is 5.69 Å². The number of piperidine rings is 1. The molecule has 0 amide bonds. The second-order valence-electron chi connectivity index (χ2n) is 4.89. The first-order valence-corrected chi connectivity index (χ1v) is 6.53. The van der Waals surface area contributed by atoms with Gasteiger partial charge in [-0.3, -0.25) is 10.1 Å². The molecule has 8 heteroatoms. The Morgan fingerprint density at radius 1 is 1.55 bits per heavy atom. The lowest BCUT2D eigenvalue weighted by Crippen LogP contribution is -2.44. The zero-order valence-electron chi connectivity index (χ0n) is 11.9. The Morgan fingerprint density at radius 2 is 2.30 bits per heavy atom. The Balaban J connectivity index is 2.35. The van der Waals surface area contributed by atoms with Crippen molar-refractivity contribution in [3.63, 3.8) is 0 Å². The molecule has 2 atom stereocenters. The average Bonchev–Trinajstić information content (AvgIpc) is 2.46. The van der Waals surface area contributed by atoms with Crippen molar-refractivity contribution in [3.8, 4) is 0 Å². The van der Waals surface area contributed by atoms with Crippen molar-refractivity contribution in [3.05, 3.63) is 16.4 Å². The van der Waals surface area contributed by atoms with Gasteiger partial charge in [0.05, 0.1) is 11.0 Å². The molecule has 0 aliphatic carbocycles. The molecule has 0 radical (unpaired) electrons. The predicted molar refractivity (Wildman–Crippen MR) is 75.0 cm³/mol. The van der Waals surface area contributed by atoms with Gasteiger partial charge in [-0.25, -0.2) is 9.97 Å². The number of ether oxygens (including phenoxy) is 1. The van der Waals surface area contributed by atoms with E-state index in [0.29, 0.717) is 18.3 Å². The first-order chi connectivity index (χ1) is 9.58. The molecule has 2 unspecified atom stereocenters. The molecule has 8 nitrogen and oxygen atoms in total. The fourth-order valence-electron chi connectivity index (χ4n) is 2.48. The standard InChI is InChI=1S/C12H19N5O3/c1-8-4-5-16(6-9(8)20-3)12-10(17(18)19)11(13-2)14-7-15-12/h7-9H,4-6H2,1-3H3,(H,13,14,15). The molecule has 1 aromatic rings. The molecule has 1 aliphatic rings. The Hall–Kier alpha value is -1.96. The van der Waals surface area contributed by atoms with Gasteiger partial charge in [0.15, 0.2) is 0 Å². The molecule has 1 fully saturated rings. The number of hydrogen-bond acceptors (Lipinski definition) is 7. The summed E-state index contributed by atoms with van der Waals surface area (Å²) in [5, 5.41) is 14.0. The number of nitro groups is 1. The summed E-state index contributed by atoms with van der Waals surface area (Å²) in [5.41, 5.74) is -0.0839. The van der Waals surface area contributed by atoms with E-state index < -0.39 is 4.92 Å². The van der Waals surface area contributed by atoms with E-state index in [4.69, 9.17) is 4.74 Å². The lowest BCUT2D eigenvalue weighted by atomic mass is 9.96. The molecule has 1 N–H and O–H groups in total. The number of rotatable bonds is 4. The quantitative estimate of drug-likeness (QED) is 0.656. The molecule has 2 rings (SSSR count). The van der Waals surface area contributed by atoms with Crippen LogP contribution < -0.4 is 10.2 Å². The minimum Gasteiger partial charge on any atom is -0.379 e. The van der Waals surface area contributed by atoms with Crippen LogP contribution in [0.1, 0.15) is 13.3 Å². The maximum atomic E-state index is 11.3. The highest BCUT2D eigenvalue weighted by Gasteiger charge is 2.32. The van der Waals surface area contributed by atoms with Gasteiger partial charge in [-0.1, -0.05) is 6.92 Å². The second kappa shape index (κ2) is 6.00. The first kappa shape index (κ1) is 14.4. The van der Waals surface area contributed by atoms with Crippen LogP contribution in [0.5, 0.6) is 0 Å². The summed E-state index contributed by atoms with van der Waals surface area (Å²) >= 11 is 0. The summed E-state index contributed by atoms with van der Waals surface area (Å²) in [4.78, 5) is 20.8. The normalized spacial score (nSPS) is 22.6. The largest absolute Gasteiger partial charge is 0.379 e. The molecule has 0 aromatic carbocycles. The van der Waals surface area contributed by atoms with Gasteiger partial charge < -0.3 is 15.0 Å². The fraction of sp³-hybridized carbons (Fsp3) is 0.667. The summed E-state index contributed by atoms with van der Waals surface area (Å²) < 4.78 is 5.44. The van der Waals surface area contributed by atoms with Crippen LogP contribution in [0.15, 0.2) is 6.33 Å². The molecule has 0 spiro atoms. The molecule has 20 heavy (non-hydrogen) atoms. The highest BCUT2D eigenvalue weighted by molar-refractivity contribution is 5.70. The van der Waals surface area contributed by atoms with Crippen LogP contribution in [0, 0.1) is 16.0 Å². The van der Waals surface area contributed by atoms with E-state index >= 15 is 0 Å². The topological polar surface area (TPSA) is 93.4 Å². The third-order valence-electron chi connectivity index (χ3n) is 3.71. The average molecular weight is 281 g/mol. The van der Waals surface area contributed by atoms with Crippen LogP contribution >= 0.6 is 0 Å². The first-order valence-electron chi connectivity index (χ1n) is 6.53. The number of nitrogens with one attached hydrogen (secondary N) is 1. The Bertz CT molecular complexity index is 496. The third-order valence-corrected chi connectivity index (χ3v) is 3.71. The van der Waals surface area contributed by atoms with Crippen LogP contribution in [0.4, 0.5) is 17.3 Å². The van der Waals surface area contributed by atoms with Crippen molar-refractivity contribution in [2.75, 3.05) is 37.5 Å². The third kappa shape index (κ3) is 2.64. The van der Waals surface area contributed by atoms with E-state index in [1.54, 1.807) is 14.2 Å². The number of aromatic nitrogens is 2. The van der Waals surface area contributed by atoms with Crippen molar-refractivity contribution in [2.45, 2.75) is 19.4 Å². The summed E-state index contributed by atoms with van der Waals surface area (Å²) in [5.74, 6) is 1.01. The van der Waals surface area contributed by atoms with Crippen molar-refractivity contribution < 1.29 is 9.66 Å². The lowest BCUT2D eigenvalue weighted by molar-refractivity contribution is -0.383. The molecule has 0 bridgehead atoms. The summed E-state index contributed by atoms with van der Waals surface area (Å²) in [6, 6.07) is 0. The van der Waals surface area contributed by atoms with Gasteiger partial charge in [0, 0.05) is 27.2 Å². The second-order valence-corrected chi connectivity index (χ2v) is 4.89. The zero-order valence-corrected chi connectivity index (χ0v) is 11.9. The number of anilines is 2. The van der Waals surface area contributed by atoms with Crippen LogP contribution in [-0.4, -0.2) is 48.2 Å². The van der Waals surface area contributed by atoms with Gasteiger partial charge in [0.25, 0.3) is 0 Å². The number of hydrogen-bond donors (Lipinski definition) is 1. The maximum absolute atomic E-state index is 11.3. The van der Waals surface area contributed by atoms with Crippen LogP contribution in [-0.2, 0) is 4.74 Å². The van der Waals surface area contributed by atoms with E-state index in [-0.39, 0.29) is 17.6 Å². The van der Waals surface area contributed by atoms with Gasteiger partial charge in [0.1, 0.15) is 6.33 Å². The molecule has 1 aliphatic heterocycles. The highest BCUT2D eigenvalue weighted by Crippen LogP contribution is 2.34. The van der Waals surface area contributed by atoms with E-state index in [9.17, 15) is 10.1 Å². The molecule has 0 saturated carbocycles. The molecule has 2 heterocycles. The van der Waals surface area contributed by atoms with E-state index in [2.05, 4.69) is 22.2 Å². The van der Waals surface area contributed by atoms with Crippen molar-refractivity contribution in [1.29, 1.82) is 0 Å². The lowest BCUT2D eigenvalue weighted by Gasteiger charge is -2.36. The van der Waals surface area contributed by atoms with Gasteiger partial charge in [-0.15, -0.1) is 0 Å². The van der Waals surface area contributed by atoms with Gasteiger partial charge in [-0.2, -0.15) is 0 Å². The molecule has 110 valence electrons.